The molecular formula is C16H10Cl2N2O2. The Hall–Kier alpha value is -2.17. The third kappa shape index (κ3) is 3.03. The Morgan fingerprint density at radius 1 is 1.18 bits per heavy atom. The third-order valence-corrected chi connectivity index (χ3v) is 3.68. The van der Waals surface area contributed by atoms with Gasteiger partial charge in [0.2, 0.25) is 0 Å². The summed E-state index contributed by atoms with van der Waals surface area (Å²) in [5.41, 5.74) is 1.73. The molecule has 2 heterocycles. The number of nitrogens with zero attached hydrogens (tertiary/aromatic N) is 2. The fourth-order valence-electron chi connectivity index (χ4n) is 2.00. The standard InChI is InChI=1S/C16H10Cl2N2O2/c17-13-6-10-5-11(8-21)16(18)20-14(10)7-15(13)22-9-12-3-1-2-4-19-12/h1-8H,9H2. The summed E-state index contributed by atoms with van der Waals surface area (Å²) in [5.74, 6) is 0.488. The number of rotatable bonds is 4. The Kier molecular flexibility index (Phi) is 4.22. The van der Waals surface area contributed by atoms with Crippen LogP contribution in [0.2, 0.25) is 10.2 Å². The van der Waals surface area contributed by atoms with E-state index < -0.39 is 0 Å². The number of ether oxygens (including phenoxy) is 1. The van der Waals surface area contributed by atoms with E-state index in [2.05, 4.69) is 9.97 Å². The van der Waals surface area contributed by atoms with Crippen LogP contribution in [0.5, 0.6) is 5.75 Å². The highest BCUT2D eigenvalue weighted by molar-refractivity contribution is 6.33. The molecule has 0 spiro atoms. The summed E-state index contributed by atoms with van der Waals surface area (Å²) >= 11 is 12.2. The first kappa shape index (κ1) is 14.8. The molecule has 6 heteroatoms. The Morgan fingerprint density at radius 2 is 2.05 bits per heavy atom. The molecule has 0 aliphatic rings. The zero-order valence-electron chi connectivity index (χ0n) is 11.3. The highest BCUT2D eigenvalue weighted by atomic mass is 35.5. The van der Waals surface area contributed by atoms with Crippen LogP contribution in [-0.4, -0.2) is 16.3 Å². The van der Waals surface area contributed by atoms with Crippen molar-refractivity contribution in [1.82, 2.24) is 9.97 Å². The Labute approximate surface area is 136 Å². The molecule has 0 N–H and O–H groups in total. The Bertz CT molecular complexity index is 838. The maximum atomic E-state index is 10.9. The highest BCUT2D eigenvalue weighted by Gasteiger charge is 2.09. The van der Waals surface area contributed by atoms with Gasteiger partial charge >= 0.3 is 0 Å². The fourth-order valence-corrected chi connectivity index (χ4v) is 2.41. The Morgan fingerprint density at radius 3 is 2.77 bits per heavy atom. The van der Waals surface area contributed by atoms with Crippen LogP contribution >= 0.6 is 23.2 Å². The number of pyridine rings is 2. The summed E-state index contributed by atoms with van der Waals surface area (Å²) in [7, 11) is 0. The lowest BCUT2D eigenvalue weighted by Crippen LogP contribution is -1.98. The molecule has 0 bridgehead atoms. The van der Waals surface area contributed by atoms with Gasteiger partial charge in [0.05, 0.1) is 21.8 Å². The molecule has 22 heavy (non-hydrogen) atoms. The average Bonchev–Trinajstić information content (AvgIpc) is 2.54. The number of carbonyl (C=O) groups excluding carboxylic acids is 1. The molecule has 4 nitrogen and oxygen atoms in total. The van der Waals surface area contributed by atoms with E-state index in [1.807, 2.05) is 18.2 Å². The van der Waals surface area contributed by atoms with Crippen LogP contribution in [0, 0.1) is 0 Å². The second-order valence-corrected chi connectivity index (χ2v) is 5.34. The second kappa shape index (κ2) is 6.30. The number of carbonyl (C=O) groups is 1. The van der Waals surface area contributed by atoms with Gasteiger partial charge in [-0.15, -0.1) is 0 Å². The van der Waals surface area contributed by atoms with Crippen LogP contribution in [0.1, 0.15) is 16.1 Å². The molecule has 3 rings (SSSR count). The lowest BCUT2D eigenvalue weighted by Gasteiger charge is -2.09. The van der Waals surface area contributed by atoms with Gasteiger partial charge in [0.15, 0.2) is 6.29 Å². The van der Waals surface area contributed by atoms with Gasteiger partial charge in [-0.25, -0.2) is 4.98 Å². The molecule has 0 atom stereocenters. The van der Waals surface area contributed by atoms with Crippen molar-refractivity contribution >= 4 is 40.4 Å². The van der Waals surface area contributed by atoms with Gasteiger partial charge in [0.1, 0.15) is 17.5 Å². The van der Waals surface area contributed by atoms with E-state index in [4.69, 9.17) is 27.9 Å². The van der Waals surface area contributed by atoms with Gasteiger partial charge in [0, 0.05) is 17.6 Å². The van der Waals surface area contributed by atoms with Crippen molar-refractivity contribution in [2.24, 2.45) is 0 Å². The zero-order valence-corrected chi connectivity index (χ0v) is 12.8. The van der Waals surface area contributed by atoms with E-state index in [1.165, 1.54) is 0 Å². The number of fused-ring (bicyclic) bond motifs is 1. The average molecular weight is 333 g/mol. The summed E-state index contributed by atoms with van der Waals surface area (Å²) in [5, 5.41) is 1.31. The maximum absolute atomic E-state index is 10.9. The minimum absolute atomic E-state index is 0.153. The fraction of sp³-hybridized carbons (Fsp3) is 0.0625. The van der Waals surface area contributed by atoms with Gasteiger partial charge in [-0.3, -0.25) is 9.78 Å². The summed E-state index contributed by atoms with van der Waals surface area (Å²) in [6.07, 6.45) is 2.36. The molecule has 3 aromatic rings. The first-order valence-electron chi connectivity index (χ1n) is 6.45. The second-order valence-electron chi connectivity index (χ2n) is 4.57. The van der Waals surface area contributed by atoms with Crippen LogP contribution in [0.25, 0.3) is 10.9 Å². The monoisotopic (exact) mass is 332 g/mol. The maximum Gasteiger partial charge on any atom is 0.153 e. The minimum atomic E-state index is 0.153. The molecule has 0 aliphatic heterocycles. The molecule has 110 valence electrons. The quantitative estimate of drug-likeness (QED) is 0.527. The highest BCUT2D eigenvalue weighted by Crippen LogP contribution is 2.31. The van der Waals surface area contributed by atoms with Crippen LogP contribution < -0.4 is 4.74 Å². The molecule has 1 aromatic carbocycles. The molecule has 0 fully saturated rings. The van der Waals surface area contributed by atoms with Crippen LogP contribution in [0.15, 0.2) is 42.6 Å². The van der Waals surface area contributed by atoms with Crippen molar-refractivity contribution in [3.05, 3.63) is 64.0 Å². The van der Waals surface area contributed by atoms with Gasteiger partial charge in [-0.05, 0) is 24.3 Å². The van der Waals surface area contributed by atoms with Gasteiger partial charge in [-0.1, -0.05) is 29.3 Å². The van der Waals surface area contributed by atoms with Crippen molar-refractivity contribution < 1.29 is 9.53 Å². The van der Waals surface area contributed by atoms with Gasteiger partial charge in [-0.2, -0.15) is 0 Å². The molecule has 2 aromatic heterocycles. The predicted octanol–water partition coefficient (Wildman–Crippen LogP) is 4.33. The van der Waals surface area contributed by atoms with Crippen molar-refractivity contribution in [3.8, 4) is 5.75 Å². The van der Waals surface area contributed by atoms with E-state index in [0.717, 1.165) is 11.1 Å². The molecule has 0 saturated heterocycles. The van der Waals surface area contributed by atoms with Gasteiger partial charge in [0.25, 0.3) is 0 Å². The minimum Gasteiger partial charge on any atom is -0.486 e. The molecule has 0 saturated carbocycles. The first-order valence-corrected chi connectivity index (χ1v) is 7.20. The van der Waals surface area contributed by atoms with Crippen molar-refractivity contribution in [1.29, 1.82) is 0 Å². The first-order chi connectivity index (χ1) is 10.7. The molecule has 0 radical (unpaired) electrons. The topological polar surface area (TPSA) is 52.1 Å². The van der Waals surface area contributed by atoms with E-state index in [9.17, 15) is 4.79 Å². The number of hydrogen-bond donors (Lipinski definition) is 0. The van der Waals surface area contributed by atoms with E-state index in [0.29, 0.717) is 34.7 Å². The van der Waals surface area contributed by atoms with E-state index in [1.54, 1.807) is 24.4 Å². The largest absolute Gasteiger partial charge is 0.486 e. The van der Waals surface area contributed by atoms with Crippen molar-refractivity contribution in [3.63, 3.8) is 0 Å². The number of aromatic nitrogens is 2. The number of aldehydes is 1. The molecule has 0 aliphatic carbocycles. The van der Waals surface area contributed by atoms with Crippen molar-refractivity contribution in [2.75, 3.05) is 0 Å². The third-order valence-electron chi connectivity index (χ3n) is 3.08. The number of benzene rings is 1. The number of hydrogen-bond acceptors (Lipinski definition) is 4. The lowest BCUT2D eigenvalue weighted by molar-refractivity contribution is 0.112. The lowest BCUT2D eigenvalue weighted by atomic mass is 10.1. The van der Waals surface area contributed by atoms with Crippen molar-refractivity contribution in [2.45, 2.75) is 6.61 Å². The normalized spacial score (nSPS) is 10.6. The summed E-state index contributed by atoms with van der Waals surface area (Å²) < 4.78 is 5.68. The zero-order chi connectivity index (χ0) is 15.5. The summed E-state index contributed by atoms with van der Waals surface area (Å²) in [4.78, 5) is 19.3. The predicted molar refractivity (Wildman–Crippen MR) is 85.7 cm³/mol. The van der Waals surface area contributed by atoms with E-state index >= 15 is 0 Å². The van der Waals surface area contributed by atoms with Crippen LogP contribution in [0.3, 0.4) is 0 Å². The molecular weight excluding hydrogens is 323 g/mol. The van der Waals surface area contributed by atoms with Crippen LogP contribution in [0.4, 0.5) is 0 Å². The summed E-state index contributed by atoms with van der Waals surface area (Å²) in [6.45, 7) is 0.298. The Balaban J connectivity index is 1.93. The molecule has 0 amide bonds. The van der Waals surface area contributed by atoms with E-state index in [-0.39, 0.29) is 5.15 Å². The molecule has 0 unspecified atom stereocenters. The number of halogens is 2. The SMILES string of the molecule is O=Cc1cc2cc(Cl)c(OCc3ccccn3)cc2nc1Cl. The van der Waals surface area contributed by atoms with Crippen LogP contribution in [-0.2, 0) is 6.61 Å². The van der Waals surface area contributed by atoms with Gasteiger partial charge < -0.3 is 4.74 Å². The smallest absolute Gasteiger partial charge is 0.153 e. The summed E-state index contributed by atoms with van der Waals surface area (Å²) in [6, 6.07) is 10.6.